The number of hydrogen-bond donors (Lipinski definition) is 1. The summed E-state index contributed by atoms with van der Waals surface area (Å²) in [4.78, 5) is 12.0. The highest BCUT2D eigenvalue weighted by Gasteiger charge is 2.08. The van der Waals surface area contributed by atoms with E-state index in [4.69, 9.17) is 4.74 Å². The van der Waals surface area contributed by atoms with Crippen LogP contribution < -0.4 is 10.1 Å². The molecule has 3 rings (SSSR count). The van der Waals surface area contributed by atoms with Crippen molar-refractivity contribution in [1.29, 1.82) is 0 Å². The van der Waals surface area contributed by atoms with Gasteiger partial charge < -0.3 is 10.1 Å². The van der Waals surface area contributed by atoms with E-state index in [0.717, 1.165) is 28.1 Å². The fourth-order valence-electron chi connectivity index (χ4n) is 2.30. The van der Waals surface area contributed by atoms with E-state index >= 15 is 0 Å². The second kappa shape index (κ2) is 6.31. The molecule has 1 aliphatic heterocycles. The lowest BCUT2D eigenvalue weighted by atomic mass is 10.1. The molecule has 0 aromatic heterocycles. The molecule has 110 valence electrons. The van der Waals surface area contributed by atoms with Crippen molar-refractivity contribution in [3.63, 3.8) is 0 Å². The van der Waals surface area contributed by atoms with Crippen LogP contribution in [0.1, 0.15) is 11.1 Å². The Kier molecular flexibility index (Phi) is 4.05. The minimum atomic E-state index is -0.144. The molecule has 0 saturated carbocycles. The van der Waals surface area contributed by atoms with Gasteiger partial charge in [0.1, 0.15) is 12.4 Å². The number of amides is 1. The van der Waals surface area contributed by atoms with Crippen LogP contribution in [0.3, 0.4) is 0 Å². The van der Waals surface area contributed by atoms with E-state index in [-0.39, 0.29) is 5.91 Å². The minimum Gasteiger partial charge on any atom is -0.488 e. The third-order valence-corrected chi connectivity index (χ3v) is 3.51. The molecule has 0 aliphatic carbocycles. The molecule has 0 bridgehead atoms. The van der Waals surface area contributed by atoms with E-state index in [1.54, 1.807) is 6.08 Å². The van der Waals surface area contributed by atoms with E-state index in [0.29, 0.717) is 6.61 Å². The number of hydrogen-bond acceptors (Lipinski definition) is 2. The number of anilines is 1. The van der Waals surface area contributed by atoms with Crippen LogP contribution >= 0.6 is 0 Å². The Morgan fingerprint density at radius 1 is 1.14 bits per heavy atom. The first kappa shape index (κ1) is 14.1. The summed E-state index contributed by atoms with van der Waals surface area (Å²) in [6, 6.07) is 15.6. The van der Waals surface area contributed by atoms with E-state index in [9.17, 15) is 4.79 Å². The van der Waals surface area contributed by atoms with Crippen LogP contribution in [-0.2, 0) is 4.79 Å². The molecule has 0 unspecified atom stereocenters. The fourth-order valence-corrected chi connectivity index (χ4v) is 2.30. The Balaban J connectivity index is 1.69. The summed E-state index contributed by atoms with van der Waals surface area (Å²) < 4.78 is 5.65. The van der Waals surface area contributed by atoms with Crippen molar-refractivity contribution in [2.24, 2.45) is 0 Å². The smallest absolute Gasteiger partial charge is 0.248 e. The summed E-state index contributed by atoms with van der Waals surface area (Å²) in [5.41, 5.74) is 3.88. The van der Waals surface area contributed by atoms with Crippen molar-refractivity contribution in [3.8, 4) is 5.75 Å². The van der Waals surface area contributed by atoms with Crippen molar-refractivity contribution in [2.75, 3.05) is 11.9 Å². The SMILES string of the molecule is Cc1ccccc1NC(=O)C=CC1=Cc2ccccc2OC1. The molecule has 3 nitrogen and oxygen atoms in total. The molecular weight excluding hydrogens is 274 g/mol. The number of benzene rings is 2. The van der Waals surface area contributed by atoms with Crippen LogP contribution in [0.2, 0.25) is 0 Å². The van der Waals surface area contributed by atoms with E-state index < -0.39 is 0 Å². The molecule has 2 aromatic rings. The Morgan fingerprint density at radius 2 is 1.91 bits per heavy atom. The average molecular weight is 291 g/mol. The summed E-state index contributed by atoms with van der Waals surface area (Å²) in [5, 5.41) is 2.88. The Bertz CT molecular complexity index is 760. The molecule has 2 aromatic carbocycles. The highest BCUT2D eigenvalue weighted by Crippen LogP contribution is 2.26. The van der Waals surface area contributed by atoms with Crippen LogP contribution in [0, 0.1) is 6.92 Å². The molecule has 1 amide bonds. The summed E-state index contributed by atoms with van der Waals surface area (Å²) in [6.45, 7) is 2.44. The minimum absolute atomic E-state index is 0.144. The highest BCUT2D eigenvalue weighted by atomic mass is 16.5. The van der Waals surface area contributed by atoms with Gasteiger partial charge >= 0.3 is 0 Å². The van der Waals surface area contributed by atoms with Gasteiger partial charge in [-0.25, -0.2) is 0 Å². The van der Waals surface area contributed by atoms with Crippen molar-refractivity contribution in [1.82, 2.24) is 0 Å². The molecule has 0 atom stereocenters. The second-order valence-corrected chi connectivity index (χ2v) is 5.18. The van der Waals surface area contributed by atoms with Gasteiger partial charge in [0, 0.05) is 17.3 Å². The lowest BCUT2D eigenvalue weighted by molar-refractivity contribution is -0.111. The first-order valence-electron chi connectivity index (χ1n) is 7.19. The summed E-state index contributed by atoms with van der Waals surface area (Å²) in [7, 11) is 0. The lowest BCUT2D eigenvalue weighted by Crippen LogP contribution is -2.10. The first-order valence-corrected chi connectivity index (χ1v) is 7.19. The zero-order chi connectivity index (χ0) is 15.4. The van der Waals surface area contributed by atoms with Gasteiger partial charge in [-0.1, -0.05) is 42.5 Å². The van der Waals surface area contributed by atoms with Crippen LogP contribution in [0.4, 0.5) is 5.69 Å². The molecule has 0 spiro atoms. The maximum absolute atomic E-state index is 12.0. The van der Waals surface area contributed by atoms with Gasteiger partial charge in [-0.2, -0.15) is 0 Å². The number of aryl methyl sites for hydroxylation is 1. The van der Waals surface area contributed by atoms with Gasteiger partial charge in [-0.3, -0.25) is 4.79 Å². The summed E-state index contributed by atoms with van der Waals surface area (Å²) >= 11 is 0. The first-order chi connectivity index (χ1) is 10.7. The number of ether oxygens (including phenoxy) is 1. The van der Waals surface area contributed by atoms with Gasteiger partial charge in [0.2, 0.25) is 5.91 Å². The largest absolute Gasteiger partial charge is 0.488 e. The standard InChI is InChI=1S/C19H17NO2/c1-14-6-2-4-8-17(14)20-19(21)11-10-15-12-16-7-3-5-9-18(16)22-13-15/h2-12H,13H2,1H3,(H,20,21). The maximum Gasteiger partial charge on any atom is 0.248 e. The molecule has 1 aliphatic rings. The average Bonchev–Trinajstić information content (AvgIpc) is 2.55. The molecule has 0 saturated heterocycles. The lowest BCUT2D eigenvalue weighted by Gasteiger charge is -2.15. The number of para-hydroxylation sites is 2. The summed E-state index contributed by atoms with van der Waals surface area (Å²) in [5.74, 6) is 0.734. The van der Waals surface area contributed by atoms with Crippen LogP contribution in [-0.4, -0.2) is 12.5 Å². The van der Waals surface area contributed by atoms with Gasteiger partial charge in [0.15, 0.2) is 0 Å². The number of fused-ring (bicyclic) bond motifs is 1. The predicted molar refractivity (Wildman–Crippen MR) is 88.9 cm³/mol. The Morgan fingerprint density at radius 3 is 2.77 bits per heavy atom. The molecular formula is C19H17NO2. The zero-order valence-corrected chi connectivity index (χ0v) is 12.4. The molecule has 1 heterocycles. The van der Waals surface area contributed by atoms with E-state index in [1.807, 2.05) is 61.5 Å². The molecule has 0 radical (unpaired) electrons. The van der Waals surface area contributed by atoms with Gasteiger partial charge in [0.05, 0.1) is 0 Å². The van der Waals surface area contributed by atoms with Crippen molar-refractivity contribution in [3.05, 3.63) is 77.4 Å². The van der Waals surface area contributed by atoms with Gasteiger partial charge in [-0.15, -0.1) is 0 Å². The van der Waals surface area contributed by atoms with Crippen molar-refractivity contribution in [2.45, 2.75) is 6.92 Å². The van der Waals surface area contributed by atoms with Gasteiger partial charge in [0.25, 0.3) is 0 Å². The number of nitrogens with one attached hydrogen (secondary N) is 1. The van der Waals surface area contributed by atoms with Crippen molar-refractivity contribution < 1.29 is 9.53 Å². The Hall–Kier alpha value is -2.81. The monoisotopic (exact) mass is 291 g/mol. The van der Waals surface area contributed by atoms with E-state index in [2.05, 4.69) is 5.32 Å². The number of carbonyl (C=O) groups excluding carboxylic acids is 1. The molecule has 1 N–H and O–H groups in total. The molecule has 0 fully saturated rings. The number of rotatable bonds is 3. The van der Waals surface area contributed by atoms with Crippen LogP contribution in [0.15, 0.2) is 66.3 Å². The normalized spacial score (nSPS) is 13.2. The fraction of sp³-hybridized carbons (Fsp3) is 0.105. The maximum atomic E-state index is 12.0. The quantitative estimate of drug-likeness (QED) is 0.869. The van der Waals surface area contributed by atoms with Crippen LogP contribution in [0.5, 0.6) is 5.75 Å². The third-order valence-electron chi connectivity index (χ3n) is 3.51. The third kappa shape index (κ3) is 3.26. The van der Waals surface area contributed by atoms with Crippen molar-refractivity contribution >= 4 is 17.7 Å². The predicted octanol–water partition coefficient (Wildman–Crippen LogP) is 3.97. The van der Waals surface area contributed by atoms with E-state index in [1.165, 1.54) is 6.08 Å². The molecule has 3 heteroatoms. The Labute approximate surface area is 129 Å². The van der Waals surface area contributed by atoms with Crippen LogP contribution in [0.25, 0.3) is 6.08 Å². The topological polar surface area (TPSA) is 38.3 Å². The number of carbonyl (C=O) groups is 1. The zero-order valence-electron chi connectivity index (χ0n) is 12.4. The summed E-state index contributed by atoms with van der Waals surface area (Å²) in [6.07, 6.45) is 5.37. The second-order valence-electron chi connectivity index (χ2n) is 5.18. The highest BCUT2D eigenvalue weighted by molar-refractivity contribution is 6.00. The molecule has 22 heavy (non-hydrogen) atoms. The van der Waals surface area contributed by atoms with Gasteiger partial charge in [-0.05, 0) is 36.3 Å².